The van der Waals surface area contributed by atoms with Gasteiger partial charge >= 0.3 is 0 Å². The van der Waals surface area contributed by atoms with Crippen molar-refractivity contribution < 1.29 is 14.3 Å². The molecule has 1 aromatic heterocycles. The number of nitrogens with zero attached hydrogens (tertiary/aromatic N) is 3. The lowest BCUT2D eigenvalue weighted by molar-refractivity contribution is -0.136. The third-order valence-electron chi connectivity index (χ3n) is 9.90. The van der Waals surface area contributed by atoms with Gasteiger partial charge in [0.25, 0.3) is 0 Å². The first-order chi connectivity index (χ1) is 17.7. The number of benzene rings is 2. The Hall–Kier alpha value is -3.41. The fraction of sp³-hybridized carbons (Fsp3) is 0.419. The lowest BCUT2D eigenvalue weighted by Gasteiger charge is -2.57. The van der Waals surface area contributed by atoms with E-state index >= 15 is 4.39 Å². The number of phenols is 1. The van der Waals surface area contributed by atoms with Gasteiger partial charge < -0.3 is 14.9 Å². The number of anilines is 1. The van der Waals surface area contributed by atoms with Crippen LogP contribution in [0.2, 0.25) is 0 Å². The molecule has 5 aliphatic rings. The van der Waals surface area contributed by atoms with Crippen LogP contribution in [0.1, 0.15) is 43.9 Å². The summed E-state index contributed by atoms with van der Waals surface area (Å²) >= 11 is 0. The molecule has 8 rings (SSSR count). The van der Waals surface area contributed by atoms with E-state index in [1.807, 2.05) is 29.2 Å². The van der Waals surface area contributed by atoms with Gasteiger partial charge in [-0.3, -0.25) is 4.79 Å². The summed E-state index contributed by atoms with van der Waals surface area (Å²) < 4.78 is 16.8. The summed E-state index contributed by atoms with van der Waals surface area (Å²) in [4.78, 5) is 21.0. The van der Waals surface area contributed by atoms with Gasteiger partial charge in [0.15, 0.2) is 11.6 Å². The normalized spacial score (nSPS) is 24.5. The number of hydrogen-bond acceptors (Lipinski definition) is 4. The Kier molecular flexibility index (Phi) is 4.65. The van der Waals surface area contributed by atoms with Crippen LogP contribution in [0.15, 0.2) is 49.1 Å². The monoisotopic (exact) mass is 497 g/mol. The molecule has 6 heteroatoms. The molecular weight excluding hydrogens is 465 g/mol. The summed E-state index contributed by atoms with van der Waals surface area (Å²) in [6, 6.07) is 11.3. The molecule has 0 unspecified atom stereocenters. The number of aromatic hydroxyl groups is 1. The second kappa shape index (κ2) is 7.56. The van der Waals surface area contributed by atoms with Crippen LogP contribution >= 0.6 is 0 Å². The molecule has 2 bridgehead atoms. The average molecular weight is 498 g/mol. The number of carbonyl (C=O) groups excluding carboxylic acids is 1. The van der Waals surface area contributed by atoms with Crippen molar-refractivity contribution in [2.24, 2.45) is 16.7 Å². The van der Waals surface area contributed by atoms with Crippen LogP contribution < -0.4 is 4.90 Å². The molecule has 2 aromatic carbocycles. The lowest BCUT2D eigenvalue weighted by atomic mass is 9.48. The second-order valence-electron chi connectivity index (χ2n) is 12.3. The first kappa shape index (κ1) is 22.8. The first-order valence-corrected chi connectivity index (χ1v) is 13.3. The van der Waals surface area contributed by atoms with Gasteiger partial charge in [-0.15, -0.1) is 0 Å². The minimum Gasteiger partial charge on any atom is -0.508 e. The van der Waals surface area contributed by atoms with Gasteiger partial charge in [0, 0.05) is 43.1 Å². The molecule has 1 amide bonds. The predicted molar refractivity (Wildman–Crippen MR) is 143 cm³/mol. The van der Waals surface area contributed by atoms with Crippen molar-refractivity contribution in [3.8, 4) is 16.9 Å². The van der Waals surface area contributed by atoms with E-state index in [4.69, 9.17) is 4.98 Å². The van der Waals surface area contributed by atoms with Crippen molar-refractivity contribution in [3.63, 3.8) is 0 Å². The van der Waals surface area contributed by atoms with E-state index in [9.17, 15) is 9.90 Å². The van der Waals surface area contributed by atoms with E-state index in [0.717, 1.165) is 53.4 Å². The third-order valence-corrected chi connectivity index (χ3v) is 9.90. The number of fused-ring (bicyclic) bond motifs is 1. The van der Waals surface area contributed by atoms with E-state index in [-0.39, 0.29) is 28.3 Å². The Morgan fingerprint density at radius 3 is 2.76 bits per heavy atom. The Morgan fingerprint density at radius 2 is 2.00 bits per heavy atom. The van der Waals surface area contributed by atoms with Crippen LogP contribution in [0.5, 0.6) is 5.75 Å². The van der Waals surface area contributed by atoms with Crippen LogP contribution in [0.4, 0.5) is 10.2 Å². The smallest absolute Gasteiger partial charge is 0.245 e. The van der Waals surface area contributed by atoms with E-state index in [0.29, 0.717) is 42.9 Å². The number of hydrogen-bond donors (Lipinski definition) is 1. The standard InChI is InChI=1S/C31H32FN3O2/c1-4-25(37)35-16-31(17-35)9-10-34(15-31)29-27(32)26(22-14-20(36)11-18-7-5-6-8-21(18)22)23-12-19-13-24(28(23)33-29)30(19,2)3/h4-8,11,14,19,24,36H,1,9-10,12-13,15-17H2,2-3H3/t19-,24-/m1/s1. The van der Waals surface area contributed by atoms with Crippen molar-refractivity contribution in [2.45, 2.75) is 39.0 Å². The molecule has 0 radical (unpaired) electrons. The molecule has 3 aliphatic carbocycles. The molecule has 190 valence electrons. The number of rotatable bonds is 3. The number of aromatic nitrogens is 1. The van der Waals surface area contributed by atoms with Crippen molar-refractivity contribution >= 4 is 22.5 Å². The van der Waals surface area contributed by atoms with Crippen molar-refractivity contribution in [2.75, 3.05) is 31.1 Å². The molecular formula is C31H32FN3O2. The fourth-order valence-electron chi connectivity index (χ4n) is 7.59. The number of halogens is 1. The van der Waals surface area contributed by atoms with E-state index < -0.39 is 0 Å². The summed E-state index contributed by atoms with van der Waals surface area (Å²) in [5, 5.41) is 12.4. The summed E-state index contributed by atoms with van der Waals surface area (Å²) in [6.45, 7) is 11.0. The Bertz CT molecular complexity index is 1490. The van der Waals surface area contributed by atoms with Crippen LogP contribution in [0.3, 0.4) is 0 Å². The highest BCUT2D eigenvalue weighted by molar-refractivity contribution is 5.99. The molecule has 2 atom stereocenters. The summed E-state index contributed by atoms with van der Waals surface area (Å²) in [5.41, 5.74) is 3.53. The predicted octanol–water partition coefficient (Wildman–Crippen LogP) is 5.66. The molecule has 1 spiro atoms. The largest absolute Gasteiger partial charge is 0.508 e. The van der Waals surface area contributed by atoms with Gasteiger partial charge in [-0.2, -0.15) is 0 Å². The highest BCUT2D eigenvalue weighted by atomic mass is 19.1. The molecule has 37 heavy (non-hydrogen) atoms. The molecule has 1 N–H and O–H groups in total. The van der Waals surface area contributed by atoms with Crippen LogP contribution in [0, 0.1) is 22.6 Å². The van der Waals surface area contributed by atoms with E-state index in [2.05, 4.69) is 25.3 Å². The van der Waals surface area contributed by atoms with Gasteiger partial charge in [0.05, 0.1) is 5.69 Å². The third kappa shape index (κ3) is 3.14. The van der Waals surface area contributed by atoms with Gasteiger partial charge in [-0.05, 0) is 70.7 Å². The number of likely N-dealkylation sites (tertiary alicyclic amines) is 1. The topological polar surface area (TPSA) is 56.7 Å². The Morgan fingerprint density at radius 1 is 1.22 bits per heavy atom. The van der Waals surface area contributed by atoms with E-state index in [1.165, 1.54) is 6.08 Å². The number of pyridine rings is 1. The second-order valence-corrected chi connectivity index (χ2v) is 12.3. The minimum absolute atomic E-state index is 0.0125. The van der Waals surface area contributed by atoms with Gasteiger partial charge in [0.1, 0.15) is 5.75 Å². The number of carbonyl (C=O) groups is 1. The maximum atomic E-state index is 16.8. The molecule has 2 saturated heterocycles. The van der Waals surface area contributed by atoms with Gasteiger partial charge in [-0.25, -0.2) is 9.37 Å². The number of amides is 1. The van der Waals surface area contributed by atoms with Gasteiger partial charge in [0.2, 0.25) is 5.91 Å². The average Bonchev–Trinajstić information content (AvgIpc) is 3.32. The molecule has 3 heterocycles. The number of phenolic OH excluding ortho intramolecular Hbond substituents is 1. The molecule has 5 nitrogen and oxygen atoms in total. The zero-order valence-corrected chi connectivity index (χ0v) is 21.4. The van der Waals surface area contributed by atoms with Crippen LogP contribution in [-0.4, -0.2) is 47.1 Å². The highest BCUT2D eigenvalue weighted by Gasteiger charge is 2.55. The van der Waals surface area contributed by atoms with Crippen LogP contribution in [0.25, 0.3) is 21.9 Å². The van der Waals surface area contributed by atoms with Crippen molar-refractivity contribution in [1.82, 2.24) is 9.88 Å². The highest BCUT2D eigenvalue weighted by Crippen LogP contribution is 2.63. The maximum absolute atomic E-state index is 16.8. The quantitative estimate of drug-likeness (QED) is 0.475. The zero-order chi connectivity index (χ0) is 25.7. The molecule has 2 aliphatic heterocycles. The molecule has 3 fully saturated rings. The van der Waals surface area contributed by atoms with Crippen molar-refractivity contribution in [3.05, 3.63) is 66.1 Å². The van der Waals surface area contributed by atoms with E-state index in [1.54, 1.807) is 12.1 Å². The Labute approximate surface area is 216 Å². The maximum Gasteiger partial charge on any atom is 0.245 e. The lowest BCUT2D eigenvalue weighted by Crippen LogP contribution is -2.59. The summed E-state index contributed by atoms with van der Waals surface area (Å²) in [6.07, 6.45) is 4.18. The first-order valence-electron chi connectivity index (χ1n) is 13.3. The van der Waals surface area contributed by atoms with Crippen molar-refractivity contribution in [1.29, 1.82) is 0 Å². The molecule has 1 saturated carbocycles. The van der Waals surface area contributed by atoms with Gasteiger partial charge in [-0.1, -0.05) is 44.7 Å². The fourth-order valence-corrected chi connectivity index (χ4v) is 7.59. The Balaban J connectivity index is 1.37. The minimum atomic E-state index is -0.288. The summed E-state index contributed by atoms with van der Waals surface area (Å²) in [7, 11) is 0. The SMILES string of the molecule is C=CC(=O)N1CC2(CCN(c3nc4c(c(-c5cc(O)cc6ccccc56)c3F)C[C@@H]3C[C@H]4C3(C)C)C2)C1. The van der Waals surface area contributed by atoms with Crippen LogP contribution in [-0.2, 0) is 11.2 Å². The zero-order valence-electron chi connectivity index (χ0n) is 21.4. The molecule has 3 aromatic rings. The summed E-state index contributed by atoms with van der Waals surface area (Å²) in [5.74, 6) is 1.06.